The third kappa shape index (κ3) is 2.69. The molecule has 6 heteroatoms. The highest BCUT2D eigenvalue weighted by atomic mass is 16.2. The molecular weight excluding hydrogens is 232 g/mol. The Kier molecular flexibility index (Phi) is 3.36. The quantitative estimate of drug-likeness (QED) is 0.831. The molecule has 98 valence electrons. The first-order valence-corrected chi connectivity index (χ1v) is 6.13. The third-order valence-electron chi connectivity index (χ3n) is 3.46. The molecule has 1 aromatic heterocycles. The predicted molar refractivity (Wildman–Crippen MR) is 66.6 cm³/mol. The number of aromatic nitrogens is 2. The summed E-state index contributed by atoms with van der Waals surface area (Å²) in [6.07, 6.45) is 5.65. The van der Waals surface area contributed by atoms with Gasteiger partial charge in [-0.2, -0.15) is 5.10 Å². The maximum atomic E-state index is 12.1. The number of primary amides is 1. The van der Waals surface area contributed by atoms with E-state index in [2.05, 4.69) is 10.4 Å². The molecule has 0 bridgehead atoms. The molecule has 18 heavy (non-hydrogen) atoms. The second kappa shape index (κ2) is 4.80. The minimum Gasteiger partial charge on any atom is -0.368 e. The van der Waals surface area contributed by atoms with Crippen LogP contribution in [-0.2, 0) is 16.1 Å². The highest BCUT2D eigenvalue weighted by molar-refractivity contribution is 5.94. The predicted octanol–water partition coefficient (Wildman–Crippen LogP) is 0.887. The van der Waals surface area contributed by atoms with Gasteiger partial charge in [-0.1, -0.05) is 19.8 Å². The number of nitrogens with zero attached hydrogens (tertiary/aromatic N) is 2. The SMILES string of the molecule is CC1(C(=O)Nc2ccn(CC(N)=O)n2)CCCC1. The summed E-state index contributed by atoms with van der Waals surface area (Å²) in [6.45, 7) is 2.00. The number of hydrogen-bond acceptors (Lipinski definition) is 3. The third-order valence-corrected chi connectivity index (χ3v) is 3.46. The second-order valence-electron chi connectivity index (χ2n) is 5.09. The first-order chi connectivity index (χ1) is 8.49. The first-order valence-electron chi connectivity index (χ1n) is 6.13. The molecule has 1 heterocycles. The Morgan fingerprint density at radius 2 is 2.17 bits per heavy atom. The smallest absolute Gasteiger partial charge is 0.239 e. The van der Waals surface area contributed by atoms with Gasteiger partial charge in [-0.15, -0.1) is 0 Å². The minimum atomic E-state index is -0.460. The second-order valence-corrected chi connectivity index (χ2v) is 5.09. The molecule has 2 rings (SSSR count). The number of carbonyl (C=O) groups excluding carboxylic acids is 2. The van der Waals surface area contributed by atoms with Crippen molar-refractivity contribution in [2.75, 3.05) is 5.32 Å². The van der Waals surface area contributed by atoms with E-state index < -0.39 is 5.91 Å². The summed E-state index contributed by atoms with van der Waals surface area (Å²) in [5.41, 5.74) is 4.78. The van der Waals surface area contributed by atoms with Crippen LogP contribution in [0.5, 0.6) is 0 Å². The van der Waals surface area contributed by atoms with Crippen molar-refractivity contribution in [1.82, 2.24) is 9.78 Å². The summed E-state index contributed by atoms with van der Waals surface area (Å²) in [5.74, 6) is 0.0115. The maximum absolute atomic E-state index is 12.1. The lowest BCUT2D eigenvalue weighted by Crippen LogP contribution is -2.31. The fourth-order valence-corrected chi connectivity index (χ4v) is 2.33. The Hall–Kier alpha value is -1.85. The summed E-state index contributed by atoms with van der Waals surface area (Å²) < 4.78 is 1.41. The van der Waals surface area contributed by atoms with E-state index in [0.717, 1.165) is 25.7 Å². The first kappa shape index (κ1) is 12.6. The van der Waals surface area contributed by atoms with Crippen molar-refractivity contribution in [3.63, 3.8) is 0 Å². The van der Waals surface area contributed by atoms with Gasteiger partial charge >= 0.3 is 0 Å². The summed E-state index contributed by atoms with van der Waals surface area (Å²) in [6, 6.07) is 1.67. The van der Waals surface area contributed by atoms with Gasteiger partial charge in [-0.05, 0) is 12.8 Å². The summed E-state index contributed by atoms with van der Waals surface area (Å²) in [7, 11) is 0. The van der Waals surface area contributed by atoms with Crippen LogP contribution in [0.25, 0.3) is 0 Å². The van der Waals surface area contributed by atoms with Crippen molar-refractivity contribution < 1.29 is 9.59 Å². The Balaban J connectivity index is 1.99. The van der Waals surface area contributed by atoms with Crippen LogP contribution in [0, 0.1) is 5.41 Å². The summed E-state index contributed by atoms with van der Waals surface area (Å²) >= 11 is 0. The van der Waals surface area contributed by atoms with Crippen molar-refractivity contribution in [2.45, 2.75) is 39.2 Å². The van der Waals surface area contributed by atoms with Crippen LogP contribution in [-0.4, -0.2) is 21.6 Å². The molecule has 0 unspecified atom stereocenters. The monoisotopic (exact) mass is 250 g/mol. The minimum absolute atomic E-state index is 0.00400. The molecule has 2 amide bonds. The Morgan fingerprint density at radius 1 is 1.50 bits per heavy atom. The lowest BCUT2D eigenvalue weighted by Gasteiger charge is -2.21. The van der Waals surface area contributed by atoms with Crippen LogP contribution < -0.4 is 11.1 Å². The molecule has 1 saturated carbocycles. The van der Waals surface area contributed by atoms with E-state index >= 15 is 0 Å². The van der Waals surface area contributed by atoms with Gasteiger partial charge in [-0.3, -0.25) is 14.3 Å². The molecule has 1 aliphatic carbocycles. The van der Waals surface area contributed by atoms with Gasteiger partial charge in [0.1, 0.15) is 6.54 Å². The van der Waals surface area contributed by atoms with Gasteiger partial charge in [-0.25, -0.2) is 0 Å². The number of anilines is 1. The van der Waals surface area contributed by atoms with Crippen LogP contribution in [0.2, 0.25) is 0 Å². The van der Waals surface area contributed by atoms with Crippen LogP contribution in [0.3, 0.4) is 0 Å². The van der Waals surface area contributed by atoms with Crippen LogP contribution in [0.4, 0.5) is 5.82 Å². The van der Waals surface area contributed by atoms with Crippen molar-refractivity contribution in [3.05, 3.63) is 12.3 Å². The molecule has 3 N–H and O–H groups in total. The Labute approximate surface area is 106 Å². The molecule has 0 aliphatic heterocycles. The normalized spacial score (nSPS) is 17.6. The molecule has 6 nitrogen and oxygen atoms in total. The van der Waals surface area contributed by atoms with Crippen molar-refractivity contribution in [1.29, 1.82) is 0 Å². The molecular formula is C12H18N4O2. The fraction of sp³-hybridized carbons (Fsp3) is 0.583. The van der Waals surface area contributed by atoms with E-state index in [9.17, 15) is 9.59 Å². The molecule has 1 aromatic rings. The number of carbonyl (C=O) groups is 2. The molecule has 1 fully saturated rings. The number of amides is 2. The zero-order chi connectivity index (χ0) is 13.2. The van der Waals surface area contributed by atoms with E-state index in [1.165, 1.54) is 4.68 Å². The number of rotatable bonds is 4. The number of nitrogens with two attached hydrogens (primary N) is 1. The van der Waals surface area contributed by atoms with Gasteiger partial charge in [0, 0.05) is 17.7 Å². The fourth-order valence-electron chi connectivity index (χ4n) is 2.33. The highest BCUT2D eigenvalue weighted by Gasteiger charge is 2.36. The van der Waals surface area contributed by atoms with Gasteiger partial charge < -0.3 is 11.1 Å². The van der Waals surface area contributed by atoms with Crippen LogP contribution in [0.15, 0.2) is 12.3 Å². The van der Waals surface area contributed by atoms with E-state index in [0.29, 0.717) is 5.82 Å². The molecule has 0 saturated heterocycles. The van der Waals surface area contributed by atoms with Gasteiger partial charge in [0.05, 0.1) is 0 Å². The zero-order valence-electron chi connectivity index (χ0n) is 10.5. The average molecular weight is 250 g/mol. The zero-order valence-corrected chi connectivity index (χ0v) is 10.5. The van der Waals surface area contributed by atoms with Crippen LogP contribution >= 0.6 is 0 Å². The number of nitrogens with one attached hydrogen (secondary N) is 1. The molecule has 0 radical (unpaired) electrons. The lowest BCUT2D eigenvalue weighted by molar-refractivity contribution is -0.124. The van der Waals surface area contributed by atoms with E-state index in [-0.39, 0.29) is 17.9 Å². The number of hydrogen-bond donors (Lipinski definition) is 2. The maximum Gasteiger partial charge on any atom is 0.239 e. The molecule has 0 spiro atoms. The molecule has 1 aliphatic rings. The summed E-state index contributed by atoms with van der Waals surface area (Å²) in [5, 5.41) is 6.87. The van der Waals surface area contributed by atoms with Crippen molar-refractivity contribution in [3.8, 4) is 0 Å². The van der Waals surface area contributed by atoms with E-state index in [1.54, 1.807) is 12.3 Å². The Morgan fingerprint density at radius 3 is 2.78 bits per heavy atom. The average Bonchev–Trinajstić information content (AvgIpc) is 2.88. The topological polar surface area (TPSA) is 90.0 Å². The highest BCUT2D eigenvalue weighted by Crippen LogP contribution is 2.38. The van der Waals surface area contributed by atoms with E-state index in [4.69, 9.17) is 5.73 Å². The Bertz CT molecular complexity index is 460. The lowest BCUT2D eigenvalue weighted by atomic mass is 9.88. The molecule has 0 atom stereocenters. The molecule has 0 aromatic carbocycles. The van der Waals surface area contributed by atoms with E-state index in [1.807, 2.05) is 6.92 Å². The van der Waals surface area contributed by atoms with Crippen molar-refractivity contribution >= 4 is 17.6 Å². The summed E-state index contributed by atoms with van der Waals surface area (Å²) in [4.78, 5) is 22.9. The standard InChI is InChI=1S/C12H18N4O2/c1-12(5-2-3-6-12)11(18)14-10-4-7-16(15-10)8-9(13)17/h4,7H,2-3,5-6,8H2,1H3,(H2,13,17)(H,14,15,18). The van der Waals surface area contributed by atoms with Gasteiger partial charge in [0.2, 0.25) is 11.8 Å². The van der Waals surface area contributed by atoms with Crippen molar-refractivity contribution in [2.24, 2.45) is 11.1 Å². The van der Waals surface area contributed by atoms with Gasteiger partial charge in [0.25, 0.3) is 0 Å². The van der Waals surface area contributed by atoms with Gasteiger partial charge in [0.15, 0.2) is 5.82 Å². The largest absolute Gasteiger partial charge is 0.368 e. The van der Waals surface area contributed by atoms with Crippen LogP contribution in [0.1, 0.15) is 32.6 Å².